The van der Waals surface area contributed by atoms with Crippen LogP contribution in [0.5, 0.6) is 0 Å². The lowest BCUT2D eigenvalue weighted by Gasteiger charge is -2.30. The quantitative estimate of drug-likeness (QED) is 0.925. The van der Waals surface area contributed by atoms with Crippen molar-refractivity contribution in [3.8, 4) is 0 Å². The molecule has 1 fully saturated rings. The number of fused-ring (bicyclic) bond motifs is 1. The first kappa shape index (κ1) is 17.0. The van der Waals surface area contributed by atoms with Crippen LogP contribution in [0.4, 0.5) is 0 Å². The van der Waals surface area contributed by atoms with E-state index in [4.69, 9.17) is 0 Å². The first-order valence-electron chi connectivity index (χ1n) is 9.55. The zero-order chi connectivity index (χ0) is 18.1. The highest BCUT2D eigenvalue weighted by Gasteiger charge is 2.30. The van der Waals surface area contributed by atoms with Crippen molar-refractivity contribution in [2.75, 3.05) is 6.54 Å². The van der Waals surface area contributed by atoms with Gasteiger partial charge in [0, 0.05) is 25.3 Å². The minimum Gasteiger partial charge on any atom is -0.337 e. The van der Waals surface area contributed by atoms with Crippen molar-refractivity contribution in [2.24, 2.45) is 5.92 Å². The SMILES string of the molecule is Cc1ccc(Cc2nc3c(c(=O)[nH]2)CN(C(=O)C2CCCC2)CC3)cc1. The lowest BCUT2D eigenvalue weighted by Crippen LogP contribution is -2.42. The van der Waals surface area contributed by atoms with Gasteiger partial charge in [0.05, 0.1) is 17.8 Å². The third-order valence-corrected chi connectivity index (χ3v) is 5.63. The van der Waals surface area contributed by atoms with Crippen LogP contribution in [0, 0.1) is 12.8 Å². The molecule has 0 bridgehead atoms. The molecule has 2 heterocycles. The van der Waals surface area contributed by atoms with Gasteiger partial charge in [0.25, 0.3) is 5.56 Å². The molecular formula is C21H25N3O2. The molecule has 5 nitrogen and oxygen atoms in total. The van der Waals surface area contributed by atoms with Crippen molar-refractivity contribution < 1.29 is 4.79 Å². The standard InChI is InChI=1S/C21H25N3O2/c1-14-6-8-15(9-7-14)12-19-22-18-10-11-24(13-17(18)20(25)23-19)21(26)16-4-2-3-5-16/h6-9,16H,2-5,10-13H2,1H3,(H,22,23,25). The van der Waals surface area contributed by atoms with E-state index in [1.807, 2.05) is 4.90 Å². The molecule has 136 valence electrons. The monoisotopic (exact) mass is 351 g/mol. The van der Waals surface area contributed by atoms with Crippen molar-refractivity contribution >= 4 is 5.91 Å². The fraction of sp³-hybridized carbons (Fsp3) is 0.476. The summed E-state index contributed by atoms with van der Waals surface area (Å²) in [6.45, 7) is 3.13. The molecule has 2 aromatic rings. The lowest BCUT2D eigenvalue weighted by molar-refractivity contribution is -0.136. The number of aryl methyl sites for hydroxylation is 1. The fourth-order valence-electron chi connectivity index (χ4n) is 4.08. The van der Waals surface area contributed by atoms with Crippen LogP contribution in [0.1, 0.15) is 53.9 Å². The van der Waals surface area contributed by atoms with Gasteiger partial charge in [-0.1, -0.05) is 42.7 Å². The normalized spacial score (nSPS) is 17.3. The summed E-state index contributed by atoms with van der Waals surface area (Å²) in [4.78, 5) is 34.7. The van der Waals surface area contributed by atoms with Gasteiger partial charge in [-0.05, 0) is 25.3 Å². The Morgan fingerprint density at radius 3 is 2.69 bits per heavy atom. The first-order valence-corrected chi connectivity index (χ1v) is 9.55. The number of hydrogen-bond acceptors (Lipinski definition) is 3. The molecule has 0 saturated heterocycles. The van der Waals surface area contributed by atoms with Crippen LogP contribution >= 0.6 is 0 Å². The highest BCUT2D eigenvalue weighted by Crippen LogP contribution is 2.28. The average Bonchev–Trinajstić information content (AvgIpc) is 3.17. The van der Waals surface area contributed by atoms with Gasteiger partial charge >= 0.3 is 0 Å². The van der Waals surface area contributed by atoms with Crippen LogP contribution in [0.25, 0.3) is 0 Å². The number of nitrogens with one attached hydrogen (secondary N) is 1. The molecule has 1 saturated carbocycles. The third-order valence-electron chi connectivity index (χ3n) is 5.63. The third kappa shape index (κ3) is 3.43. The van der Waals surface area contributed by atoms with E-state index in [1.165, 1.54) is 5.56 Å². The molecule has 1 N–H and O–H groups in total. The van der Waals surface area contributed by atoms with Crippen molar-refractivity contribution in [3.63, 3.8) is 0 Å². The van der Waals surface area contributed by atoms with E-state index >= 15 is 0 Å². The Morgan fingerprint density at radius 1 is 1.23 bits per heavy atom. The van der Waals surface area contributed by atoms with Crippen LogP contribution in [-0.4, -0.2) is 27.3 Å². The number of rotatable bonds is 3. The maximum Gasteiger partial charge on any atom is 0.256 e. The molecule has 26 heavy (non-hydrogen) atoms. The molecule has 1 aromatic heterocycles. The Labute approximate surface area is 153 Å². The largest absolute Gasteiger partial charge is 0.337 e. The Bertz CT molecular complexity index is 864. The van der Waals surface area contributed by atoms with Gasteiger partial charge in [-0.2, -0.15) is 0 Å². The molecule has 1 aromatic carbocycles. The number of nitrogens with zero attached hydrogens (tertiary/aromatic N) is 2. The summed E-state index contributed by atoms with van der Waals surface area (Å²) in [6, 6.07) is 8.27. The molecule has 1 aliphatic heterocycles. The van der Waals surface area contributed by atoms with Crippen LogP contribution in [0.3, 0.4) is 0 Å². The smallest absolute Gasteiger partial charge is 0.256 e. The van der Waals surface area contributed by atoms with Crippen molar-refractivity contribution in [3.05, 3.63) is 62.8 Å². The van der Waals surface area contributed by atoms with Crippen molar-refractivity contribution in [2.45, 2.75) is 52.0 Å². The maximum atomic E-state index is 12.7. The van der Waals surface area contributed by atoms with Gasteiger partial charge in [0.15, 0.2) is 0 Å². The number of aromatic nitrogens is 2. The Morgan fingerprint density at radius 2 is 1.96 bits per heavy atom. The molecule has 0 spiro atoms. The molecule has 0 atom stereocenters. The summed E-state index contributed by atoms with van der Waals surface area (Å²) in [5, 5.41) is 0. The molecule has 5 heteroatoms. The first-order chi connectivity index (χ1) is 12.6. The second kappa shape index (κ2) is 7.06. The molecule has 2 aliphatic rings. The molecule has 4 rings (SSSR count). The second-order valence-corrected chi connectivity index (χ2v) is 7.59. The minimum atomic E-state index is -0.0963. The van der Waals surface area contributed by atoms with E-state index in [0.29, 0.717) is 37.3 Å². The molecular weight excluding hydrogens is 326 g/mol. The summed E-state index contributed by atoms with van der Waals surface area (Å²) in [7, 11) is 0. The number of amides is 1. The van der Waals surface area contributed by atoms with Gasteiger partial charge < -0.3 is 9.88 Å². The highest BCUT2D eigenvalue weighted by molar-refractivity contribution is 5.79. The predicted molar refractivity (Wildman–Crippen MR) is 99.9 cm³/mol. The molecule has 1 aliphatic carbocycles. The van der Waals surface area contributed by atoms with Crippen LogP contribution in [0.2, 0.25) is 0 Å². The van der Waals surface area contributed by atoms with E-state index in [1.54, 1.807) is 0 Å². The van der Waals surface area contributed by atoms with E-state index in [0.717, 1.165) is 36.9 Å². The van der Waals surface area contributed by atoms with Crippen molar-refractivity contribution in [1.29, 1.82) is 0 Å². The van der Waals surface area contributed by atoms with Gasteiger partial charge in [0.2, 0.25) is 5.91 Å². The molecule has 0 unspecified atom stereocenters. The fourth-order valence-corrected chi connectivity index (χ4v) is 4.08. The molecule has 1 amide bonds. The van der Waals surface area contributed by atoms with Gasteiger partial charge in [-0.3, -0.25) is 9.59 Å². The zero-order valence-electron chi connectivity index (χ0n) is 15.3. The number of H-pyrrole nitrogens is 1. The maximum absolute atomic E-state index is 12.7. The average molecular weight is 351 g/mol. The lowest BCUT2D eigenvalue weighted by atomic mass is 10.0. The topological polar surface area (TPSA) is 66.1 Å². The van der Waals surface area contributed by atoms with E-state index in [9.17, 15) is 9.59 Å². The second-order valence-electron chi connectivity index (χ2n) is 7.59. The summed E-state index contributed by atoms with van der Waals surface area (Å²) in [5.41, 5.74) is 3.77. The van der Waals surface area contributed by atoms with E-state index in [-0.39, 0.29) is 17.4 Å². The summed E-state index contributed by atoms with van der Waals surface area (Å²) in [5.74, 6) is 1.08. The van der Waals surface area contributed by atoms with Gasteiger partial charge in [-0.15, -0.1) is 0 Å². The van der Waals surface area contributed by atoms with Crippen LogP contribution in [0.15, 0.2) is 29.1 Å². The number of carbonyl (C=O) groups is 1. The van der Waals surface area contributed by atoms with Crippen molar-refractivity contribution in [1.82, 2.24) is 14.9 Å². The number of carbonyl (C=O) groups excluding carboxylic acids is 1. The molecule has 0 radical (unpaired) electrons. The Balaban J connectivity index is 1.52. The Hall–Kier alpha value is -2.43. The summed E-state index contributed by atoms with van der Waals surface area (Å²) >= 11 is 0. The minimum absolute atomic E-state index is 0.0963. The van der Waals surface area contributed by atoms with Gasteiger partial charge in [-0.25, -0.2) is 4.98 Å². The van der Waals surface area contributed by atoms with E-state index < -0.39 is 0 Å². The summed E-state index contributed by atoms with van der Waals surface area (Å²) < 4.78 is 0. The Kier molecular flexibility index (Phi) is 4.62. The van der Waals surface area contributed by atoms with Crippen LogP contribution < -0.4 is 5.56 Å². The van der Waals surface area contributed by atoms with E-state index in [2.05, 4.69) is 41.2 Å². The highest BCUT2D eigenvalue weighted by atomic mass is 16.2. The number of hydrogen-bond donors (Lipinski definition) is 1. The number of benzene rings is 1. The number of aromatic amines is 1. The van der Waals surface area contributed by atoms with Gasteiger partial charge in [0.1, 0.15) is 5.82 Å². The summed E-state index contributed by atoms with van der Waals surface area (Å²) in [6.07, 6.45) is 5.56. The predicted octanol–water partition coefficient (Wildman–Crippen LogP) is 2.74. The van der Waals surface area contributed by atoms with Crippen LogP contribution in [-0.2, 0) is 24.2 Å². The zero-order valence-corrected chi connectivity index (χ0v) is 15.3.